The van der Waals surface area contributed by atoms with E-state index in [1.807, 2.05) is 6.07 Å². The minimum Gasteiger partial charge on any atom is -0.383 e. The average molecular weight is 405 g/mol. The molecule has 2 saturated heterocycles. The van der Waals surface area contributed by atoms with Crippen LogP contribution in [-0.4, -0.2) is 47.8 Å². The molecule has 2 aliphatic heterocycles. The van der Waals surface area contributed by atoms with E-state index in [1.54, 1.807) is 12.1 Å². The zero-order valence-electron chi connectivity index (χ0n) is 14.7. The summed E-state index contributed by atoms with van der Waals surface area (Å²) >= 11 is 0.940. The first-order valence-electron chi connectivity index (χ1n) is 8.85. The van der Waals surface area contributed by atoms with Crippen molar-refractivity contribution in [1.82, 2.24) is 14.3 Å². The van der Waals surface area contributed by atoms with Gasteiger partial charge < -0.3 is 5.32 Å². The predicted octanol–water partition coefficient (Wildman–Crippen LogP) is 2.25. The van der Waals surface area contributed by atoms with Crippen LogP contribution >= 0.6 is 11.5 Å². The van der Waals surface area contributed by atoms with E-state index >= 15 is 0 Å². The van der Waals surface area contributed by atoms with Gasteiger partial charge >= 0.3 is 0 Å². The highest BCUT2D eigenvalue weighted by Crippen LogP contribution is 2.39. The second kappa shape index (κ2) is 7.07. The summed E-state index contributed by atoms with van der Waals surface area (Å²) in [6.07, 6.45) is 6.08. The third kappa shape index (κ3) is 3.50. The number of aromatic nitrogens is 2. The molecule has 4 rings (SSSR count). The van der Waals surface area contributed by atoms with Gasteiger partial charge in [0.25, 0.3) is 10.0 Å². The van der Waals surface area contributed by atoms with E-state index < -0.39 is 10.0 Å². The van der Waals surface area contributed by atoms with Crippen molar-refractivity contribution in [3.63, 3.8) is 0 Å². The Kier molecular flexibility index (Phi) is 4.75. The Morgan fingerprint density at radius 2 is 2.07 bits per heavy atom. The summed E-state index contributed by atoms with van der Waals surface area (Å²) in [5.41, 5.74) is 1.07. The molecule has 0 atom stereocenters. The van der Waals surface area contributed by atoms with Crippen LogP contribution < -0.4 is 10.0 Å². The molecule has 1 aromatic heterocycles. The Bertz CT molecular complexity index is 958. The topological polar surface area (TPSA) is 111 Å². The first kappa shape index (κ1) is 18.2. The Balaban J connectivity index is 1.52. The number of hydrogen-bond acceptors (Lipinski definition) is 8. The van der Waals surface area contributed by atoms with Crippen LogP contribution in [0.4, 0.5) is 10.8 Å². The maximum atomic E-state index is 12.6. The van der Waals surface area contributed by atoms with Crippen LogP contribution in [0, 0.1) is 11.3 Å². The molecule has 0 bridgehead atoms. The molecular formula is C17H20N6O2S2. The van der Waals surface area contributed by atoms with Crippen molar-refractivity contribution in [2.75, 3.05) is 29.7 Å². The lowest BCUT2D eigenvalue weighted by atomic mass is 9.94. The van der Waals surface area contributed by atoms with Crippen molar-refractivity contribution in [3.05, 3.63) is 30.1 Å². The molecule has 0 radical (unpaired) electrons. The molecule has 0 aliphatic carbocycles. The molecule has 0 unspecified atom stereocenters. The van der Waals surface area contributed by atoms with Gasteiger partial charge in [-0.1, -0.05) is 0 Å². The lowest BCUT2D eigenvalue weighted by molar-refractivity contribution is 0.209. The zero-order valence-corrected chi connectivity index (χ0v) is 16.3. The minimum atomic E-state index is -3.89. The average Bonchev–Trinajstić information content (AvgIpc) is 3.36. The Morgan fingerprint density at radius 3 is 2.74 bits per heavy atom. The third-order valence-electron chi connectivity index (χ3n) is 5.41. The van der Waals surface area contributed by atoms with Crippen LogP contribution in [0.1, 0.15) is 31.2 Å². The number of nitriles is 1. The first-order valence-corrected chi connectivity index (χ1v) is 11.1. The van der Waals surface area contributed by atoms with Gasteiger partial charge in [-0.05, 0) is 57.0 Å². The summed E-state index contributed by atoms with van der Waals surface area (Å²) in [7, 11) is -3.89. The van der Waals surface area contributed by atoms with Gasteiger partial charge in [0.1, 0.15) is 17.3 Å². The largest absolute Gasteiger partial charge is 0.383 e. The quantitative estimate of drug-likeness (QED) is 0.759. The van der Waals surface area contributed by atoms with Gasteiger partial charge in [0, 0.05) is 29.3 Å². The number of rotatable bonds is 6. The fraction of sp³-hybridized carbons (Fsp3) is 0.471. The van der Waals surface area contributed by atoms with Gasteiger partial charge in [-0.25, -0.2) is 13.4 Å². The van der Waals surface area contributed by atoms with Crippen molar-refractivity contribution in [2.24, 2.45) is 0 Å². The minimum absolute atomic E-state index is 0.0627. The summed E-state index contributed by atoms with van der Waals surface area (Å²) in [5, 5.41) is 13.0. The molecule has 0 spiro atoms. The van der Waals surface area contributed by atoms with Gasteiger partial charge in [-0.15, -0.1) is 0 Å². The molecule has 0 amide bonds. The van der Waals surface area contributed by atoms with E-state index in [-0.39, 0.29) is 21.1 Å². The molecule has 3 heterocycles. The Morgan fingerprint density at radius 1 is 1.30 bits per heavy atom. The molecule has 2 fully saturated rings. The monoisotopic (exact) mass is 404 g/mol. The van der Waals surface area contributed by atoms with Gasteiger partial charge in [0.05, 0.1) is 5.56 Å². The van der Waals surface area contributed by atoms with Crippen molar-refractivity contribution in [1.29, 1.82) is 5.26 Å². The zero-order chi connectivity index (χ0) is 18.9. The van der Waals surface area contributed by atoms with E-state index in [9.17, 15) is 13.7 Å². The SMILES string of the molecule is N#Cc1cc(NCC23CCCN2CCC3)ccc1S(=O)(=O)Nc1ncns1. The molecule has 2 aliphatic rings. The molecule has 2 N–H and O–H groups in total. The van der Waals surface area contributed by atoms with Crippen LogP contribution in [0.3, 0.4) is 0 Å². The first-order chi connectivity index (χ1) is 13.0. The third-order valence-corrected chi connectivity index (χ3v) is 7.51. The maximum absolute atomic E-state index is 12.6. The number of hydrogen-bond donors (Lipinski definition) is 2. The molecule has 142 valence electrons. The summed E-state index contributed by atoms with van der Waals surface area (Å²) in [5.74, 6) is 0. The second-order valence-corrected chi connectivity index (χ2v) is 9.38. The maximum Gasteiger partial charge on any atom is 0.265 e. The van der Waals surface area contributed by atoms with E-state index in [4.69, 9.17) is 0 Å². The van der Waals surface area contributed by atoms with Gasteiger partial charge in [0.2, 0.25) is 5.13 Å². The molecule has 0 saturated carbocycles. The number of benzene rings is 1. The summed E-state index contributed by atoms with van der Waals surface area (Å²) in [4.78, 5) is 6.31. The number of sulfonamides is 1. The molecule has 1 aromatic carbocycles. The van der Waals surface area contributed by atoms with Crippen LogP contribution in [0.2, 0.25) is 0 Å². The van der Waals surface area contributed by atoms with E-state index in [0.29, 0.717) is 0 Å². The van der Waals surface area contributed by atoms with Gasteiger partial charge in [0.15, 0.2) is 0 Å². The summed E-state index contributed by atoms with van der Waals surface area (Å²) < 4.78 is 31.2. The van der Waals surface area contributed by atoms with Crippen molar-refractivity contribution in [2.45, 2.75) is 36.1 Å². The number of nitrogens with zero attached hydrogens (tertiary/aromatic N) is 4. The fourth-order valence-corrected chi connectivity index (χ4v) is 5.93. The lowest BCUT2D eigenvalue weighted by Gasteiger charge is -2.32. The molecule has 27 heavy (non-hydrogen) atoms. The van der Waals surface area contributed by atoms with Crippen LogP contribution in [0.25, 0.3) is 0 Å². The molecule has 2 aromatic rings. The van der Waals surface area contributed by atoms with Crippen LogP contribution in [0.15, 0.2) is 29.4 Å². The van der Waals surface area contributed by atoms with Gasteiger partial charge in [-0.2, -0.15) is 9.64 Å². The van der Waals surface area contributed by atoms with Crippen molar-refractivity contribution < 1.29 is 8.42 Å². The van der Waals surface area contributed by atoms with Gasteiger partial charge in [-0.3, -0.25) is 9.62 Å². The van der Waals surface area contributed by atoms with Crippen molar-refractivity contribution in [3.8, 4) is 6.07 Å². The lowest BCUT2D eigenvalue weighted by Crippen LogP contribution is -2.44. The Labute approximate surface area is 162 Å². The highest BCUT2D eigenvalue weighted by Gasteiger charge is 2.43. The summed E-state index contributed by atoms with van der Waals surface area (Å²) in [6.45, 7) is 3.12. The fourth-order valence-electron chi connectivity index (χ4n) is 4.13. The number of fused-ring (bicyclic) bond motifs is 1. The number of nitrogens with one attached hydrogen (secondary N) is 2. The van der Waals surface area contributed by atoms with Crippen LogP contribution in [0.5, 0.6) is 0 Å². The van der Waals surface area contributed by atoms with Crippen LogP contribution in [-0.2, 0) is 10.0 Å². The normalized spacial score (nSPS) is 18.8. The summed E-state index contributed by atoms with van der Waals surface area (Å²) in [6, 6.07) is 6.76. The molecule has 8 nitrogen and oxygen atoms in total. The van der Waals surface area contributed by atoms with E-state index in [1.165, 1.54) is 38.1 Å². The highest BCUT2D eigenvalue weighted by atomic mass is 32.2. The second-order valence-electron chi connectivity index (χ2n) is 6.95. The molecular weight excluding hydrogens is 384 g/mol. The smallest absolute Gasteiger partial charge is 0.265 e. The van der Waals surface area contributed by atoms with Crippen molar-refractivity contribution >= 4 is 32.4 Å². The highest BCUT2D eigenvalue weighted by molar-refractivity contribution is 7.93. The predicted molar refractivity (Wildman–Crippen MR) is 103 cm³/mol. The number of anilines is 2. The van der Waals surface area contributed by atoms with E-state index in [0.717, 1.165) is 36.9 Å². The molecule has 10 heteroatoms. The Hall–Kier alpha value is -2.22. The standard InChI is InChI=1S/C17H20N6O2S2/c18-10-13-9-14(19-11-17-5-1-7-23(17)8-2-6-17)3-4-15(13)27(24,25)22-16-20-12-21-26-16/h3-4,9,12,19H,1-2,5-8,11H2,(H,20,21,22). The van der Waals surface area contributed by atoms with E-state index in [2.05, 4.69) is 24.3 Å².